The van der Waals surface area contributed by atoms with Gasteiger partial charge in [-0.1, -0.05) is 30.3 Å². The van der Waals surface area contributed by atoms with Crippen molar-refractivity contribution in [2.75, 3.05) is 53.1 Å². The summed E-state index contributed by atoms with van der Waals surface area (Å²) < 4.78 is 10.8. The van der Waals surface area contributed by atoms with Crippen LogP contribution in [0.15, 0.2) is 35.3 Å². The van der Waals surface area contributed by atoms with E-state index in [1.807, 2.05) is 0 Å². The molecule has 164 valence electrons. The zero-order valence-corrected chi connectivity index (χ0v) is 18.9. The van der Waals surface area contributed by atoms with E-state index in [9.17, 15) is 0 Å². The maximum atomic E-state index is 5.72. The van der Waals surface area contributed by atoms with Crippen LogP contribution in [-0.4, -0.2) is 69.5 Å². The first-order chi connectivity index (χ1) is 13.9. The molecule has 1 aliphatic rings. The fraction of sp³-hybridized carbons (Fsp3) is 0.696. The van der Waals surface area contributed by atoms with E-state index in [4.69, 9.17) is 14.5 Å². The third-order valence-corrected chi connectivity index (χ3v) is 5.24. The molecule has 1 aromatic carbocycles. The van der Waals surface area contributed by atoms with E-state index < -0.39 is 0 Å². The van der Waals surface area contributed by atoms with Crippen LogP contribution in [0.2, 0.25) is 0 Å². The largest absolute Gasteiger partial charge is 0.382 e. The molecule has 2 atom stereocenters. The summed E-state index contributed by atoms with van der Waals surface area (Å²) in [6.07, 6.45) is 1.14. The summed E-state index contributed by atoms with van der Waals surface area (Å²) in [5, 5.41) is 7.19. The standard InChI is InChI=1S/C23H40N4O2/c1-6-24-22(27-13-12-20(16-27)17-29-15-14-28-5)25-18-23(3,4)26-19(2)21-10-8-7-9-11-21/h7-11,19-20,26H,6,12-18H2,1-5H3,(H,24,25). The number of rotatable bonds is 11. The van der Waals surface area contributed by atoms with E-state index in [2.05, 4.69) is 73.6 Å². The molecule has 0 bridgehead atoms. The van der Waals surface area contributed by atoms with Gasteiger partial charge in [0.25, 0.3) is 0 Å². The molecule has 0 aliphatic carbocycles. The molecule has 2 unspecified atom stereocenters. The summed E-state index contributed by atoms with van der Waals surface area (Å²) in [6, 6.07) is 10.8. The van der Waals surface area contributed by atoms with Crippen LogP contribution in [0.3, 0.4) is 0 Å². The Hall–Kier alpha value is -1.63. The lowest BCUT2D eigenvalue weighted by Gasteiger charge is -2.30. The topological polar surface area (TPSA) is 58.1 Å². The highest BCUT2D eigenvalue weighted by Crippen LogP contribution is 2.19. The number of likely N-dealkylation sites (tertiary alicyclic amines) is 1. The molecule has 2 N–H and O–H groups in total. The van der Waals surface area contributed by atoms with Crippen LogP contribution in [0.5, 0.6) is 0 Å². The quantitative estimate of drug-likeness (QED) is 0.337. The minimum Gasteiger partial charge on any atom is -0.382 e. The average Bonchev–Trinajstić information content (AvgIpc) is 3.17. The summed E-state index contributed by atoms with van der Waals surface area (Å²) in [5.74, 6) is 1.56. The molecule has 1 saturated heterocycles. The second kappa shape index (κ2) is 12.2. The van der Waals surface area contributed by atoms with Crippen molar-refractivity contribution in [3.8, 4) is 0 Å². The van der Waals surface area contributed by atoms with Crippen molar-refractivity contribution in [2.24, 2.45) is 10.9 Å². The fourth-order valence-corrected chi connectivity index (χ4v) is 3.71. The molecule has 0 amide bonds. The highest BCUT2D eigenvalue weighted by atomic mass is 16.5. The second-order valence-corrected chi connectivity index (χ2v) is 8.50. The number of guanidine groups is 1. The van der Waals surface area contributed by atoms with Gasteiger partial charge in [0.1, 0.15) is 0 Å². The third-order valence-electron chi connectivity index (χ3n) is 5.24. The first-order valence-electron chi connectivity index (χ1n) is 10.9. The van der Waals surface area contributed by atoms with E-state index in [0.717, 1.165) is 45.2 Å². The number of ether oxygens (including phenoxy) is 2. The van der Waals surface area contributed by atoms with Gasteiger partial charge in [0, 0.05) is 44.2 Å². The van der Waals surface area contributed by atoms with Crippen LogP contribution in [0.1, 0.15) is 45.7 Å². The van der Waals surface area contributed by atoms with Crippen molar-refractivity contribution in [3.05, 3.63) is 35.9 Å². The van der Waals surface area contributed by atoms with Gasteiger partial charge in [-0.15, -0.1) is 0 Å². The highest BCUT2D eigenvalue weighted by molar-refractivity contribution is 5.80. The first-order valence-corrected chi connectivity index (χ1v) is 10.9. The van der Waals surface area contributed by atoms with Crippen molar-refractivity contribution in [2.45, 2.75) is 45.7 Å². The summed E-state index contributed by atoms with van der Waals surface area (Å²) >= 11 is 0. The van der Waals surface area contributed by atoms with Crippen LogP contribution in [0, 0.1) is 5.92 Å². The van der Waals surface area contributed by atoms with E-state index in [1.165, 1.54) is 5.56 Å². The molecule has 2 rings (SSSR count). The zero-order valence-electron chi connectivity index (χ0n) is 18.9. The molecule has 1 aromatic rings. The van der Waals surface area contributed by atoms with Crippen LogP contribution in [-0.2, 0) is 9.47 Å². The lowest BCUT2D eigenvalue weighted by molar-refractivity contribution is 0.0536. The number of hydrogen-bond acceptors (Lipinski definition) is 4. The van der Waals surface area contributed by atoms with Gasteiger partial charge in [-0.3, -0.25) is 4.99 Å². The SMILES string of the molecule is CCNC(=NCC(C)(C)NC(C)c1ccccc1)N1CCC(COCCOC)C1. The number of aliphatic imine (C=N–C) groups is 1. The Morgan fingerprint density at radius 2 is 2.03 bits per heavy atom. The van der Waals surface area contributed by atoms with E-state index >= 15 is 0 Å². The van der Waals surface area contributed by atoms with Crippen molar-refractivity contribution in [1.29, 1.82) is 0 Å². The molecule has 0 spiro atoms. The van der Waals surface area contributed by atoms with Gasteiger partial charge in [0.15, 0.2) is 5.96 Å². The van der Waals surface area contributed by atoms with Gasteiger partial charge < -0.3 is 25.0 Å². The van der Waals surface area contributed by atoms with E-state index in [-0.39, 0.29) is 11.6 Å². The van der Waals surface area contributed by atoms with Crippen molar-refractivity contribution in [1.82, 2.24) is 15.5 Å². The molecule has 0 saturated carbocycles. The Bertz CT molecular complexity index is 606. The summed E-state index contributed by atoms with van der Waals surface area (Å²) in [6.45, 7) is 14.5. The Labute approximate surface area is 177 Å². The summed E-state index contributed by atoms with van der Waals surface area (Å²) in [7, 11) is 1.71. The highest BCUT2D eigenvalue weighted by Gasteiger charge is 2.26. The Balaban J connectivity index is 1.89. The Kier molecular flexibility index (Phi) is 9.91. The van der Waals surface area contributed by atoms with Gasteiger partial charge in [-0.05, 0) is 39.7 Å². The molecule has 0 radical (unpaired) electrons. The smallest absolute Gasteiger partial charge is 0.193 e. The predicted molar refractivity (Wildman–Crippen MR) is 120 cm³/mol. The number of benzene rings is 1. The molecular weight excluding hydrogens is 364 g/mol. The second-order valence-electron chi connectivity index (χ2n) is 8.50. The average molecular weight is 405 g/mol. The Morgan fingerprint density at radius 1 is 1.28 bits per heavy atom. The molecule has 1 fully saturated rings. The van der Waals surface area contributed by atoms with E-state index in [0.29, 0.717) is 19.1 Å². The van der Waals surface area contributed by atoms with Crippen molar-refractivity contribution >= 4 is 5.96 Å². The predicted octanol–water partition coefficient (Wildman–Crippen LogP) is 3.07. The van der Waals surface area contributed by atoms with Crippen LogP contribution >= 0.6 is 0 Å². The molecule has 1 aliphatic heterocycles. The van der Waals surface area contributed by atoms with Gasteiger partial charge in [-0.2, -0.15) is 0 Å². The molecule has 6 heteroatoms. The Morgan fingerprint density at radius 3 is 2.72 bits per heavy atom. The zero-order chi connectivity index (χ0) is 21.1. The number of nitrogens with zero attached hydrogens (tertiary/aromatic N) is 2. The van der Waals surface area contributed by atoms with Crippen molar-refractivity contribution < 1.29 is 9.47 Å². The van der Waals surface area contributed by atoms with Crippen LogP contribution < -0.4 is 10.6 Å². The van der Waals surface area contributed by atoms with E-state index in [1.54, 1.807) is 7.11 Å². The minimum absolute atomic E-state index is 0.0989. The third kappa shape index (κ3) is 8.33. The van der Waals surface area contributed by atoms with Gasteiger partial charge in [-0.25, -0.2) is 0 Å². The summed E-state index contributed by atoms with van der Waals surface area (Å²) in [5.41, 5.74) is 1.20. The van der Waals surface area contributed by atoms with Gasteiger partial charge in [0.2, 0.25) is 0 Å². The maximum Gasteiger partial charge on any atom is 0.193 e. The number of nitrogens with one attached hydrogen (secondary N) is 2. The maximum absolute atomic E-state index is 5.72. The fourth-order valence-electron chi connectivity index (χ4n) is 3.71. The van der Waals surface area contributed by atoms with Gasteiger partial charge in [0.05, 0.1) is 26.4 Å². The molecule has 1 heterocycles. The number of hydrogen-bond donors (Lipinski definition) is 2. The lowest BCUT2D eigenvalue weighted by Crippen LogP contribution is -2.46. The normalized spacial score (nSPS) is 18.9. The first kappa shape index (κ1) is 23.6. The van der Waals surface area contributed by atoms with Gasteiger partial charge >= 0.3 is 0 Å². The summed E-state index contributed by atoms with van der Waals surface area (Å²) in [4.78, 5) is 7.33. The number of methoxy groups -OCH3 is 1. The lowest BCUT2D eigenvalue weighted by atomic mass is 10.0. The molecule has 6 nitrogen and oxygen atoms in total. The van der Waals surface area contributed by atoms with Crippen LogP contribution in [0.25, 0.3) is 0 Å². The van der Waals surface area contributed by atoms with Crippen LogP contribution in [0.4, 0.5) is 0 Å². The molecular formula is C23H40N4O2. The molecule has 29 heavy (non-hydrogen) atoms. The minimum atomic E-state index is -0.0989. The molecule has 0 aromatic heterocycles. The van der Waals surface area contributed by atoms with Crippen molar-refractivity contribution in [3.63, 3.8) is 0 Å². The monoisotopic (exact) mass is 404 g/mol.